The fraction of sp³-hybridized carbons (Fsp3) is 0.381. The van der Waals surface area contributed by atoms with Crippen molar-refractivity contribution in [3.63, 3.8) is 0 Å². The van der Waals surface area contributed by atoms with Gasteiger partial charge in [0.15, 0.2) is 0 Å². The Morgan fingerprint density at radius 2 is 1.52 bits per heavy atom. The first-order chi connectivity index (χ1) is 12.5. The van der Waals surface area contributed by atoms with Crippen LogP contribution in [0.25, 0.3) is 0 Å². The van der Waals surface area contributed by atoms with E-state index in [2.05, 4.69) is 0 Å². The minimum atomic E-state index is -3.63. The van der Waals surface area contributed by atoms with Crippen molar-refractivity contribution in [2.24, 2.45) is 0 Å². The molecular weight excluding hydrogens is 360 g/mol. The number of benzene rings is 2. The van der Waals surface area contributed by atoms with E-state index in [9.17, 15) is 13.2 Å². The van der Waals surface area contributed by atoms with Crippen molar-refractivity contribution in [1.29, 1.82) is 0 Å². The molecule has 2 aromatic carbocycles. The van der Waals surface area contributed by atoms with E-state index in [1.165, 1.54) is 24.5 Å². The fourth-order valence-electron chi connectivity index (χ4n) is 2.86. The van der Waals surface area contributed by atoms with Gasteiger partial charge in [-0.3, -0.25) is 4.79 Å². The molecule has 0 radical (unpaired) electrons. The Labute approximate surface area is 162 Å². The predicted octanol–water partition coefficient (Wildman–Crippen LogP) is 3.70. The van der Waals surface area contributed by atoms with Crippen LogP contribution in [0.5, 0.6) is 0 Å². The summed E-state index contributed by atoms with van der Waals surface area (Å²) in [7, 11) is 1.09. The first-order valence-corrected chi connectivity index (χ1v) is 10.3. The second-order valence-corrected chi connectivity index (χ2v) is 9.33. The lowest BCUT2D eigenvalue weighted by molar-refractivity contribution is 0.0742. The van der Waals surface area contributed by atoms with Crippen molar-refractivity contribution in [2.75, 3.05) is 21.1 Å². The van der Waals surface area contributed by atoms with Crippen LogP contribution in [0, 0.1) is 20.8 Å². The van der Waals surface area contributed by atoms with Crippen molar-refractivity contribution < 1.29 is 13.2 Å². The number of nitrogens with zero attached hydrogens (tertiary/aromatic N) is 2. The lowest BCUT2D eigenvalue weighted by Crippen LogP contribution is -2.30. The largest absolute Gasteiger partial charge is 0.335 e. The van der Waals surface area contributed by atoms with E-state index in [4.69, 9.17) is 0 Å². The smallest absolute Gasteiger partial charge is 0.254 e. The maximum Gasteiger partial charge on any atom is 0.254 e. The van der Waals surface area contributed by atoms with Gasteiger partial charge in [0.2, 0.25) is 10.0 Å². The molecule has 2 aromatic rings. The molecule has 2 rings (SSSR count). The first-order valence-electron chi connectivity index (χ1n) is 8.84. The van der Waals surface area contributed by atoms with Crippen LogP contribution in [0.4, 0.5) is 0 Å². The number of rotatable bonds is 5. The van der Waals surface area contributed by atoms with Crippen LogP contribution < -0.4 is 0 Å². The third kappa shape index (κ3) is 4.22. The van der Waals surface area contributed by atoms with Crippen LogP contribution in [0.2, 0.25) is 0 Å². The van der Waals surface area contributed by atoms with E-state index in [-0.39, 0.29) is 16.8 Å². The van der Waals surface area contributed by atoms with Gasteiger partial charge >= 0.3 is 0 Å². The summed E-state index contributed by atoms with van der Waals surface area (Å²) in [5.74, 6) is -0.207. The zero-order chi connectivity index (χ0) is 20.5. The zero-order valence-electron chi connectivity index (χ0n) is 17.1. The number of hydrogen-bond donors (Lipinski definition) is 0. The molecule has 0 aliphatic rings. The fourth-order valence-corrected chi connectivity index (χ4v) is 4.08. The maximum atomic E-state index is 13.1. The van der Waals surface area contributed by atoms with Crippen molar-refractivity contribution in [1.82, 2.24) is 9.21 Å². The lowest BCUT2D eigenvalue weighted by atomic mass is 10.0. The Balaban J connectivity index is 2.44. The Kier molecular flexibility index (Phi) is 6.12. The normalized spacial score (nSPS) is 12.9. The van der Waals surface area contributed by atoms with Gasteiger partial charge in [-0.15, -0.1) is 0 Å². The van der Waals surface area contributed by atoms with Gasteiger partial charge in [0.1, 0.15) is 0 Å². The molecule has 27 heavy (non-hydrogen) atoms. The Morgan fingerprint density at radius 1 is 0.963 bits per heavy atom. The van der Waals surface area contributed by atoms with Gasteiger partial charge in [-0.25, -0.2) is 12.7 Å². The number of aryl methyl sites for hydroxylation is 2. The highest BCUT2D eigenvalue weighted by molar-refractivity contribution is 7.89. The van der Waals surface area contributed by atoms with Gasteiger partial charge in [0, 0.05) is 26.7 Å². The molecule has 1 unspecified atom stereocenters. The van der Waals surface area contributed by atoms with Crippen molar-refractivity contribution in [2.45, 2.75) is 38.6 Å². The van der Waals surface area contributed by atoms with Gasteiger partial charge in [0.25, 0.3) is 5.91 Å². The van der Waals surface area contributed by atoms with E-state index in [1.807, 2.05) is 45.0 Å². The topological polar surface area (TPSA) is 57.7 Å². The summed E-state index contributed by atoms with van der Waals surface area (Å²) in [5, 5.41) is 0. The highest BCUT2D eigenvalue weighted by Crippen LogP contribution is 2.26. The number of amides is 1. The molecule has 0 aromatic heterocycles. The van der Waals surface area contributed by atoms with Crippen LogP contribution in [0.3, 0.4) is 0 Å². The minimum Gasteiger partial charge on any atom is -0.335 e. The summed E-state index contributed by atoms with van der Waals surface area (Å²) >= 11 is 0. The van der Waals surface area contributed by atoms with Crippen molar-refractivity contribution >= 4 is 15.9 Å². The Bertz CT molecular complexity index is 948. The van der Waals surface area contributed by atoms with Crippen LogP contribution in [0.1, 0.15) is 45.6 Å². The molecule has 0 saturated carbocycles. The van der Waals surface area contributed by atoms with Crippen molar-refractivity contribution in [3.05, 3.63) is 64.2 Å². The standard InChI is InChI=1S/C21H28N2O3S/c1-14-8-10-18(11-9-14)17(4)23(7)21(24)19-12-15(2)16(3)20(13-19)27(25,26)22(5)6/h8-13,17H,1-7H3. The van der Waals surface area contributed by atoms with Gasteiger partial charge in [-0.2, -0.15) is 0 Å². The number of carbonyl (C=O) groups is 1. The summed E-state index contributed by atoms with van der Waals surface area (Å²) in [6.07, 6.45) is 0. The SMILES string of the molecule is Cc1ccc(C(C)N(C)C(=O)c2cc(C)c(C)c(S(=O)(=O)N(C)C)c2)cc1. The molecule has 1 atom stereocenters. The van der Waals surface area contributed by atoms with E-state index in [0.717, 1.165) is 16.7 Å². The summed E-state index contributed by atoms with van der Waals surface area (Å²) in [4.78, 5) is 14.9. The highest BCUT2D eigenvalue weighted by atomic mass is 32.2. The summed E-state index contributed by atoms with van der Waals surface area (Å²) in [5.41, 5.74) is 4.00. The monoisotopic (exact) mass is 388 g/mol. The lowest BCUT2D eigenvalue weighted by Gasteiger charge is -2.26. The van der Waals surface area contributed by atoms with Crippen molar-refractivity contribution in [3.8, 4) is 0 Å². The minimum absolute atomic E-state index is 0.131. The second-order valence-electron chi connectivity index (χ2n) is 7.21. The third-order valence-electron chi connectivity index (χ3n) is 5.09. The van der Waals surface area contributed by atoms with Crippen LogP contribution in [-0.2, 0) is 10.0 Å². The molecule has 0 bridgehead atoms. The molecule has 0 fully saturated rings. The molecule has 0 spiro atoms. The first kappa shape index (κ1) is 21.1. The van der Waals surface area contributed by atoms with Gasteiger partial charge < -0.3 is 4.90 Å². The van der Waals surface area contributed by atoms with E-state index < -0.39 is 10.0 Å². The molecule has 5 nitrogen and oxygen atoms in total. The third-order valence-corrected chi connectivity index (χ3v) is 7.03. The average molecular weight is 389 g/mol. The predicted molar refractivity (Wildman–Crippen MR) is 108 cm³/mol. The second kappa shape index (κ2) is 7.82. The molecule has 0 saturated heterocycles. The zero-order valence-corrected chi connectivity index (χ0v) is 17.9. The highest BCUT2D eigenvalue weighted by Gasteiger charge is 2.25. The molecule has 146 valence electrons. The van der Waals surface area contributed by atoms with Crippen LogP contribution in [-0.4, -0.2) is 44.7 Å². The van der Waals surface area contributed by atoms with E-state index in [0.29, 0.717) is 11.1 Å². The van der Waals surface area contributed by atoms with Crippen LogP contribution in [0.15, 0.2) is 41.3 Å². The van der Waals surface area contributed by atoms with Gasteiger partial charge in [-0.05, 0) is 56.5 Å². The number of carbonyl (C=O) groups excluding carboxylic acids is 1. The van der Waals surface area contributed by atoms with Crippen LogP contribution >= 0.6 is 0 Å². The molecule has 0 heterocycles. The average Bonchev–Trinajstić information content (AvgIpc) is 2.62. The van der Waals surface area contributed by atoms with E-state index in [1.54, 1.807) is 24.9 Å². The molecular formula is C21H28N2O3S. The molecule has 1 amide bonds. The number of sulfonamides is 1. The molecule has 6 heteroatoms. The quantitative estimate of drug-likeness (QED) is 0.785. The summed E-state index contributed by atoms with van der Waals surface area (Å²) in [6, 6.07) is 11.2. The molecule has 0 N–H and O–H groups in total. The number of hydrogen-bond acceptors (Lipinski definition) is 3. The van der Waals surface area contributed by atoms with E-state index >= 15 is 0 Å². The van der Waals surface area contributed by atoms with Gasteiger partial charge in [0.05, 0.1) is 10.9 Å². The maximum absolute atomic E-state index is 13.1. The summed E-state index contributed by atoms with van der Waals surface area (Å²) in [6.45, 7) is 7.56. The summed E-state index contributed by atoms with van der Waals surface area (Å²) < 4.78 is 26.4. The Hall–Kier alpha value is -2.18. The van der Waals surface area contributed by atoms with Gasteiger partial charge in [-0.1, -0.05) is 29.8 Å². The Morgan fingerprint density at radius 3 is 2.04 bits per heavy atom. The molecule has 0 aliphatic carbocycles. The molecule has 0 aliphatic heterocycles.